The number of nitro groups is 1. The second-order valence-electron chi connectivity index (χ2n) is 6.07. The minimum atomic E-state index is -5.25. The number of anilines is 1. The van der Waals surface area contributed by atoms with Crippen LogP contribution in [-0.2, 0) is 12.4 Å². The molecule has 1 aromatic heterocycles. The summed E-state index contributed by atoms with van der Waals surface area (Å²) in [6.07, 6.45) is -10.3. The highest BCUT2D eigenvalue weighted by atomic mass is 19.4. The maximum atomic E-state index is 13.7. The molecule has 0 bridgehead atoms. The Bertz CT molecular complexity index is 977. The number of nitrogens with one attached hydrogen (secondary N) is 2. The average molecular weight is 454 g/mol. The second kappa shape index (κ2) is 9.14. The van der Waals surface area contributed by atoms with Gasteiger partial charge in [0.15, 0.2) is 0 Å². The van der Waals surface area contributed by atoms with Gasteiger partial charge in [-0.2, -0.15) is 26.3 Å². The van der Waals surface area contributed by atoms with Crippen molar-refractivity contribution >= 4 is 17.4 Å². The van der Waals surface area contributed by atoms with Crippen molar-refractivity contribution in [3.63, 3.8) is 0 Å². The first-order valence-electron chi connectivity index (χ1n) is 8.41. The molecule has 2 rings (SSSR count). The molecule has 2 aromatic rings. The Morgan fingerprint density at radius 3 is 2.26 bits per heavy atom. The normalized spacial score (nSPS) is 11.8. The van der Waals surface area contributed by atoms with E-state index in [2.05, 4.69) is 15.6 Å². The number of non-ortho nitro benzene ring substituents is 1. The number of carbonyl (C=O) groups excluding carboxylic acids is 1. The number of benzene rings is 1. The summed E-state index contributed by atoms with van der Waals surface area (Å²) >= 11 is 0. The monoisotopic (exact) mass is 454 g/mol. The Hall–Kier alpha value is -3.45. The van der Waals surface area contributed by atoms with Gasteiger partial charge in [0.1, 0.15) is 11.6 Å². The fraction of sp³-hybridized carbons (Fsp3) is 0.294. The first-order valence-corrected chi connectivity index (χ1v) is 8.41. The first kappa shape index (κ1) is 23.8. The summed E-state index contributed by atoms with van der Waals surface area (Å²) in [5, 5.41) is 15.3. The quantitative estimate of drug-likeness (QED) is 0.280. The molecule has 31 heavy (non-hydrogen) atoms. The fourth-order valence-corrected chi connectivity index (χ4v) is 2.42. The molecule has 0 aliphatic carbocycles. The van der Waals surface area contributed by atoms with Gasteiger partial charge in [0, 0.05) is 31.4 Å². The van der Waals surface area contributed by atoms with Crippen LogP contribution in [0.2, 0.25) is 0 Å². The molecule has 0 aliphatic heterocycles. The van der Waals surface area contributed by atoms with Gasteiger partial charge in [-0.3, -0.25) is 14.9 Å². The summed E-state index contributed by atoms with van der Waals surface area (Å²) < 4.78 is 90.4. The van der Waals surface area contributed by atoms with E-state index >= 15 is 0 Å². The van der Waals surface area contributed by atoms with Crippen LogP contribution < -0.4 is 10.6 Å². The van der Waals surface area contributed by atoms with E-state index in [0.717, 1.165) is 18.2 Å². The molecule has 168 valence electrons. The van der Waals surface area contributed by atoms with E-state index in [1.807, 2.05) is 0 Å². The third-order valence-electron chi connectivity index (χ3n) is 3.87. The van der Waals surface area contributed by atoms with Gasteiger partial charge in [-0.1, -0.05) is 0 Å². The van der Waals surface area contributed by atoms with E-state index in [4.69, 9.17) is 0 Å². The molecule has 0 spiro atoms. The SMILES string of the molecule is O=C(NCCCNc1cc(C(F)(F)F)c(C(F)(F)F)cn1)c1cc([N+](=O)[O-])ccc1F. The third kappa shape index (κ3) is 6.26. The summed E-state index contributed by atoms with van der Waals surface area (Å²) in [4.78, 5) is 25.1. The van der Waals surface area contributed by atoms with Crippen molar-refractivity contribution in [3.8, 4) is 0 Å². The van der Waals surface area contributed by atoms with Crippen molar-refractivity contribution in [1.29, 1.82) is 0 Å². The molecule has 2 N–H and O–H groups in total. The molecule has 0 radical (unpaired) electrons. The van der Waals surface area contributed by atoms with Crippen molar-refractivity contribution < 1.29 is 40.5 Å². The summed E-state index contributed by atoms with van der Waals surface area (Å²) in [6, 6.07) is 2.60. The number of alkyl halides is 6. The Balaban J connectivity index is 1.94. The number of nitrogens with zero attached hydrogens (tertiary/aromatic N) is 2. The van der Waals surface area contributed by atoms with Gasteiger partial charge in [-0.05, 0) is 18.6 Å². The summed E-state index contributed by atoms with van der Waals surface area (Å²) in [7, 11) is 0. The van der Waals surface area contributed by atoms with Crippen LogP contribution in [0.1, 0.15) is 27.9 Å². The molecule has 0 atom stereocenters. The number of hydrogen-bond acceptors (Lipinski definition) is 5. The molecule has 0 fully saturated rings. The second-order valence-corrected chi connectivity index (χ2v) is 6.07. The number of carbonyl (C=O) groups is 1. The lowest BCUT2D eigenvalue weighted by Gasteiger charge is -2.16. The van der Waals surface area contributed by atoms with Crippen LogP contribution in [0.25, 0.3) is 0 Å². The fourth-order valence-electron chi connectivity index (χ4n) is 2.42. The molecular formula is C17H13F7N4O3. The first-order chi connectivity index (χ1) is 14.3. The van der Waals surface area contributed by atoms with E-state index in [0.29, 0.717) is 0 Å². The molecule has 0 unspecified atom stereocenters. The van der Waals surface area contributed by atoms with Crippen LogP contribution in [0.4, 0.5) is 42.2 Å². The standard InChI is InChI=1S/C17H13F7N4O3/c18-13-3-2-9(28(30)31)6-10(13)15(29)26-5-1-4-25-14-7-11(16(19,20)21)12(8-27-14)17(22,23)24/h2-3,6-8H,1,4-5H2,(H,25,27)(H,26,29). The van der Waals surface area contributed by atoms with Gasteiger partial charge in [0.05, 0.1) is 21.6 Å². The summed E-state index contributed by atoms with van der Waals surface area (Å²) in [6.45, 7) is -0.200. The highest BCUT2D eigenvalue weighted by molar-refractivity contribution is 5.95. The number of pyridine rings is 1. The van der Waals surface area contributed by atoms with Gasteiger partial charge >= 0.3 is 12.4 Å². The number of aromatic nitrogens is 1. The van der Waals surface area contributed by atoms with E-state index < -0.39 is 57.2 Å². The Kier molecular flexibility index (Phi) is 7.02. The van der Waals surface area contributed by atoms with Crippen molar-refractivity contribution in [2.45, 2.75) is 18.8 Å². The molecular weight excluding hydrogens is 441 g/mol. The van der Waals surface area contributed by atoms with Gasteiger partial charge in [-0.15, -0.1) is 0 Å². The van der Waals surface area contributed by atoms with E-state index in [-0.39, 0.29) is 31.8 Å². The molecule has 7 nitrogen and oxygen atoms in total. The topological polar surface area (TPSA) is 97.2 Å². The number of amides is 1. The van der Waals surface area contributed by atoms with Crippen LogP contribution in [0.15, 0.2) is 30.5 Å². The van der Waals surface area contributed by atoms with Crippen molar-refractivity contribution in [1.82, 2.24) is 10.3 Å². The highest BCUT2D eigenvalue weighted by Gasteiger charge is 2.43. The molecule has 1 amide bonds. The maximum Gasteiger partial charge on any atom is 0.418 e. The molecule has 14 heteroatoms. The van der Waals surface area contributed by atoms with E-state index in [9.17, 15) is 45.6 Å². The zero-order valence-corrected chi connectivity index (χ0v) is 15.3. The van der Waals surface area contributed by atoms with Crippen LogP contribution in [0.3, 0.4) is 0 Å². The predicted molar refractivity (Wildman–Crippen MR) is 92.7 cm³/mol. The lowest BCUT2D eigenvalue weighted by Crippen LogP contribution is -2.27. The Morgan fingerprint density at radius 1 is 1.03 bits per heavy atom. The smallest absolute Gasteiger partial charge is 0.370 e. The maximum absolute atomic E-state index is 13.7. The van der Waals surface area contributed by atoms with Gasteiger partial charge in [-0.25, -0.2) is 9.37 Å². The highest BCUT2D eigenvalue weighted by Crippen LogP contribution is 2.40. The van der Waals surface area contributed by atoms with Crippen LogP contribution in [-0.4, -0.2) is 28.9 Å². The molecule has 0 saturated heterocycles. The Morgan fingerprint density at radius 2 is 1.68 bits per heavy atom. The van der Waals surface area contributed by atoms with E-state index in [1.165, 1.54) is 0 Å². The van der Waals surface area contributed by atoms with Gasteiger partial charge < -0.3 is 10.6 Å². The molecule has 0 aliphatic rings. The van der Waals surface area contributed by atoms with Crippen LogP contribution >= 0.6 is 0 Å². The summed E-state index contributed by atoms with van der Waals surface area (Å²) in [5.41, 5.74) is -4.88. The minimum absolute atomic E-state index is 0.0675. The van der Waals surface area contributed by atoms with Crippen molar-refractivity contribution in [2.24, 2.45) is 0 Å². The number of rotatable bonds is 7. The molecule has 1 aromatic carbocycles. The Labute approximate surface area is 169 Å². The number of hydrogen-bond donors (Lipinski definition) is 2. The zero-order chi connectivity index (χ0) is 23.4. The summed E-state index contributed by atoms with van der Waals surface area (Å²) in [5.74, 6) is -2.40. The van der Waals surface area contributed by atoms with Gasteiger partial charge in [0.2, 0.25) is 0 Å². The number of halogens is 7. The largest absolute Gasteiger partial charge is 0.418 e. The number of nitro benzene ring substituents is 1. The minimum Gasteiger partial charge on any atom is -0.370 e. The van der Waals surface area contributed by atoms with Crippen LogP contribution in [0.5, 0.6) is 0 Å². The van der Waals surface area contributed by atoms with Crippen molar-refractivity contribution in [3.05, 3.63) is 63.1 Å². The van der Waals surface area contributed by atoms with Crippen molar-refractivity contribution in [2.75, 3.05) is 18.4 Å². The lowest BCUT2D eigenvalue weighted by atomic mass is 10.1. The zero-order valence-electron chi connectivity index (χ0n) is 15.3. The van der Waals surface area contributed by atoms with E-state index in [1.54, 1.807) is 0 Å². The molecule has 0 saturated carbocycles. The third-order valence-corrected chi connectivity index (χ3v) is 3.87. The van der Waals surface area contributed by atoms with Gasteiger partial charge in [0.25, 0.3) is 11.6 Å². The predicted octanol–water partition coefficient (Wildman–Crippen LogP) is 4.40. The lowest BCUT2D eigenvalue weighted by molar-refractivity contribution is -0.384. The average Bonchev–Trinajstić information content (AvgIpc) is 2.66. The molecule has 1 heterocycles. The van der Waals surface area contributed by atoms with Crippen LogP contribution in [0, 0.1) is 15.9 Å².